The van der Waals surface area contributed by atoms with Gasteiger partial charge >= 0.3 is 6.61 Å². The van der Waals surface area contributed by atoms with E-state index in [1.54, 1.807) is 23.5 Å². The second kappa shape index (κ2) is 8.92. The lowest BCUT2D eigenvalue weighted by atomic mass is 9.89. The van der Waals surface area contributed by atoms with Crippen LogP contribution in [0.1, 0.15) is 35.2 Å². The molecule has 0 spiro atoms. The summed E-state index contributed by atoms with van der Waals surface area (Å²) in [6, 6.07) is 4.91. The number of fused-ring (bicyclic) bond motifs is 3. The van der Waals surface area contributed by atoms with Crippen molar-refractivity contribution < 1.29 is 23.2 Å². The van der Waals surface area contributed by atoms with Gasteiger partial charge in [-0.15, -0.1) is 11.3 Å². The molecular formula is C22H26F2N3O3S+. The zero-order valence-corrected chi connectivity index (χ0v) is 18.6. The van der Waals surface area contributed by atoms with Crippen molar-refractivity contribution in [1.29, 1.82) is 0 Å². The first-order valence-corrected chi connectivity index (χ1v) is 11.1. The molecule has 2 atom stereocenters. The van der Waals surface area contributed by atoms with E-state index >= 15 is 0 Å². The average molecular weight is 451 g/mol. The van der Waals surface area contributed by atoms with Gasteiger partial charge in [0.25, 0.3) is 5.56 Å². The predicted molar refractivity (Wildman–Crippen MR) is 115 cm³/mol. The fraction of sp³-hybridized carbons (Fsp3) is 0.455. The zero-order chi connectivity index (χ0) is 22.1. The lowest BCUT2D eigenvalue weighted by Gasteiger charge is -2.17. The van der Waals surface area contributed by atoms with Gasteiger partial charge < -0.3 is 19.4 Å². The van der Waals surface area contributed by atoms with Gasteiger partial charge in [-0.1, -0.05) is 6.92 Å². The van der Waals surface area contributed by atoms with Gasteiger partial charge in [-0.3, -0.25) is 4.79 Å². The number of hydrogen-bond donors (Lipinski definition) is 2. The summed E-state index contributed by atoms with van der Waals surface area (Å²) in [5.74, 6) is 1.55. The number of benzene rings is 1. The molecule has 1 unspecified atom stereocenters. The van der Waals surface area contributed by atoms with E-state index in [0.29, 0.717) is 24.8 Å². The number of rotatable bonds is 7. The highest BCUT2D eigenvalue weighted by molar-refractivity contribution is 7.18. The second-order valence-corrected chi connectivity index (χ2v) is 9.30. The minimum absolute atomic E-state index is 0.00586. The molecule has 0 radical (unpaired) electrons. The van der Waals surface area contributed by atoms with Crippen LogP contribution in [0, 0.1) is 5.92 Å². The second-order valence-electron chi connectivity index (χ2n) is 8.22. The van der Waals surface area contributed by atoms with E-state index in [-0.39, 0.29) is 17.1 Å². The number of aryl methyl sites for hydroxylation is 1. The Hall–Kier alpha value is -2.52. The molecule has 9 heteroatoms. The largest absolute Gasteiger partial charge is 0.493 e. The molecule has 31 heavy (non-hydrogen) atoms. The molecule has 4 rings (SSSR count). The molecule has 0 aliphatic heterocycles. The first-order chi connectivity index (χ1) is 14.8. The Bertz CT molecular complexity index is 1140. The number of quaternary nitrogens is 1. The van der Waals surface area contributed by atoms with Crippen LogP contribution in [0.25, 0.3) is 10.2 Å². The van der Waals surface area contributed by atoms with Crippen molar-refractivity contribution in [2.75, 3.05) is 14.2 Å². The number of thiophene rings is 1. The van der Waals surface area contributed by atoms with Crippen LogP contribution in [0.2, 0.25) is 0 Å². The van der Waals surface area contributed by atoms with Crippen molar-refractivity contribution in [1.82, 2.24) is 9.97 Å². The maximum atomic E-state index is 12.8. The Morgan fingerprint density at radius 2 is 2.13 bits per heavy atom. The number of alkyl halides is 2. The molecule has 166 valence electrons. The van der Waals surface area contributed by atoms with E-state index in [4.69, 9.17) is 9.72 Å². The van der Waals surface area contributed by atoms with Crippen LogP contribution in [-0.4, -0.2) is 30.7 Å². The lowest BCUT2D eigenvalue weighted by Crippen LogP contribution is -3.06. The van der Waals surface area contributed by atoms with Crippen molar-refractivity contribution in [2.24, 2.45) is 5.92 Å². The Kier molecular flexibility index (Phi) is 6.24. The van der Waals surface area contributed by atoms with Crippen molar-refractivity contribution in [2.45, 2.75) is 45.9 Å². The van der Waals surface area contributed by atoms with E-state index in [1.807, 2.05) is 7.05 Å². The molecule has 1 aliphatic carbocycles. The summed E-state index contributed by atoms with van der Waals surface area (Å²) in [5.41, 5.74) is 2.02. The molecule has 2 heterocycles. The van der Waals surface area contributed by atoms with E-state index < -0.39 is 6.61 Å². The zero-order valence-electron chi connectivity index (χ0n) is 17.8. The number of methoxy groups -OCH3 is 1. The fourth-order valence-electron chi connectivity index (χ4n) is 4.19. The number of nitrogens with one attached hydrogen (secondary N) is 2. The summed E-state index contributed by atoms with van der Waals surface area (Å²) < 4.78 is 34.7. The first kappa shape index (κ1) is 21.7. The maximum absolute atomic E-state index is 12.8. The molecule has 1 aliphatic rings. The van der Waals surface area contributed by atoms with E-state index in [2.05, 4.69) is 16.6 Å². The third kappa shape index (κ3) is 4.72. The van der Waals surface area contributed by atoms with Gasteiger partial charge in [0, 0.05) is 10.4 Å². The normalized spacial score (nSPS) is 17.0. The molecule has 6 nitrogen and oxygen atoms in total. The lowest BCUT2D eigenvalue weighted by molar-refractivity contribution is -0.908. The molecule has 1 aromatic carbocycles. The van der Waals surface area contributed by atoms with Crippen LogP contribution in [-0.2, 0) is 25.9 Å². The van der Waals surface area contributed by atoms with E-state index in [1.165, 1.54) is 23.6 Å². The topological polar surface area (TPSA) is 68.7 Å². The molecule has 2 N–H and O–H groups in total. The van der Waals surface area contributed by atoms with Crippen LogP contribution in [0.4, 0.5) is 8.78 Å². The highest BCUT2D eigenvalue weighted by Gasteiger charge is 2.23. The van der Waals surface area contributed by atoms with E-state index in [9.17, 15) is 13.6 Å². The van der Waals surface area contributed by atoms with Gasteiger partial charge in [0.2, 0.25) is 0 Å². The maximum Gasteiger partial charge on any atom is 0.387 e. The number of aromatic nitrogens is 2. The highest BCUT2D eigenvalue weighted by Crippen LogP contribution is 2.35. The molecule has 0 fully saturated rings. The van der Waals surface area contributed by atoms with Crippen LogP contribution in [0.5, 0.6) is 11.5 Å². The van der Waals surface area contributed by atoms with Crippen LogP contribution in [0.15, 0.2) is 23.0 Å². The highest BCUT2D eigenvalue weighted by atomic mass is 32.1. The van der Waals surface area contributed by atoms with Crippen molar-refractivity contribution >= 4 is 21.6 Å². The molecule has 2 aromatic heterocycles. The Morgan fingerprint density at radius 3 is 2.87 bits per heavy atom. The Labute approximate surface area is 182 Å². The molecule has 0 amide bonds. The average Bonchev–Trinajstić information content (AvgIpc) is 3.06. The number of ether oxygens (including phenoxy) is 2. The summed E-state index contributed by atoms with van der Waals surface area (Å²) in [6.45, 7) is 0.473. The molecular weight excluding hydrogens is 424 g/mol. The standard InChI is InChI=1S/C22H25F2N3O3S/c1-12-4-6-14-17(8-12)31-21-19(14)20(28)25-18(26-21)11-27(2)10-13-5-7-15(30-22(23)24)16(9-13)29-3/h5,7,9,12,22H,4,6,8,10-11H2,1-3H3,(H,25,26,28)/p+1/t12-/m0/s1. The molecule has 3 aromatic rings. The van der Waals surface area contributed by atoms with Crippen molar-refractivity contribution in [3.8, 4) is 11.5 Å². The van der Waals surface area contributed by atoms with Gasteiger partial charge in [-0.25, -0.2) is 4.98 Å². The third-order valence-corrected chi connectivity index (χ3v) is 6.78. The molecule has 0 bridgehead atoms. The number of aromatic amines is 1. The number of hydrogen-bond acceptors (Lipinski definition) is 5. The molecule has 0 saturated heterocycles. The summed E-state index contributed by atoms with van der Waals surface area (Å²) >= 11 is 1.64. The van der Waals surface area contributed by atoms with Crippen LogP contribution >= 0.6 is 11.3 Å². The third-order valence-electron chi connectivity index (χ3n) is 5.63. The van der Waals surface area contributed by atoms with Crippen LogP contribution < -0.4 is 19.9 Å². The molecule has 0 saturated carbocycles. The Morgan fingerprint density at radius 1 is 1.32 bits per heavy atom. The van der Waals surface area contributed by atoms with E-state index in [0.717, 1.165) is 39.9 Å². The summed E-state index contributed by atoms with van der Waals surface area (Å²) in [4.78, 5) is 23.7. The van der Waals surface area contributed by atoms with Crippen molar-refractivity contribution in [3.05, 3.63) is 50.4 Å². The summed E-state index contributed by atoms with van der Waals surface area (Å²) in [6.07, 6.45) is 3.07. The monoisotopic (exact) mass is 450 g/mol. The fourth-order valence-corrected chi connectivity index (χ4v) is 5.59. The summed E-state index contributed by atoms with van der Waals surface area (Å²) in [7, 11) is 3.40. The number of halogens is 2. The van der Waals surface area contributed by atoms with Gasteiger partial charge in [0.1, 0.15) is 17.9 Å². The smallest absolute Gasteiger partial charge is 0.387 e. The number of nitrogens with zero attached hydrogens (tertiary/aromatic N) is 1. The van der Waals surface area contributed by atoms with Gasteiger partial charge in [-0.05, 0) is 48.9 Å². The van der Waals surface area contributed by atoms with Crippen LogP contribution in [0.3, 0.4) is 0 Å². The Balaban J connectivity index is 1.51. The quantitative estimate of drug-likeness (QED) is 0.581. The van der Waals surface area contributed by atoms with Crippen molar-refractivity contribution in [3.63, 3.8) is 0 Å². The minimum atomic E-state index is -2.91. The number of H-pyrrole nitrogens is 1. The minimum Gasteiger partial charge on any atom is -0.493 e. The van der Waals surface area contributed by atoms with Gasteiger partial charge in [0.05, 0.1) is 19.5 Å². The summed E-state index contributed by atoms with van der Waals surface area (Å²) in [5, 5.41) is 0.757. The first-order valence-electron chi connectivity index (χ1n) is 10.3. The van der Waals surface area contributed by atoms with Gasteiger partial charge in [-0.2, -0.15) is 8.78 Å². The SMILES string of the molecule is COc1cc(C[NH+](C)Cc2nc3sc4c(c3c(=O)[nH]2)CC[C@H](C)C4)ccc1OC(F)F. The predicted octanol–water partition coefficient (Wildman–Crippen LogP) is 2.93. The van der Waals surface area contributed by atoms with Gasteiger partial charge in [0.15, 0.2) is 17.3 Å².